The van der Waals surface area contributed by atoms with Crippen LogP contribution in [-0.4, -0.2) is 35.6 Å². The summed E-state index contributed by atoms with van der Waals surface area (Å²) in [6.07, 6.45) is 8.55. The minimum absolute atomic E-state index is 0.654. The van der Waals surface area contributed by atoms with Gasteiger partial charge in [-0.1, -0.05) is 0 Å². The Hall–Kier alpha value is 0.220. The van der Waals surface area contributed by atoms with Gasteiger partial charge < -0.3 is 5.32 Å². The fourth-order valence-corrected chi connectivity index (χ4v) is 4.65. The highest BCUT2D eigenvalue weighted by molar-refractivity contribution is 8.06. The second kappa shape index (κ2) is 7.50. The van der Waals surface area contributed by atoms with Crippen LogP contribution in [0.2, 0.25) is 0 Å². The molecule has 0 saturated carbocycles. The normalized spacial score (nSPS) is 24.1. The van der Waals surface area contributed by atoms with Crippen molar-refractivity contribution in [3.8, 4) is 12.3 Å². The summed E-state index contributed by atoms with van der Waals surface area (Å²) >= 11 is 4.20. The van der Waals surface area contributed by atoms with Crippen molar-refractivity contribution in [2.45, 2.75) is 30.6 Å². The Morgan fingerprint density at radius 3 is 3.00 bits per heavy atom. The molecule has 0 aromatic rings. The van der Waals surface area contributed by atoms with Crippen molar-refractivity contribution in [1.82, 2.24) is 5.32 Å². The van der Waals surface area contributed by atoms with Crippen LogP contribution < -0.4 is 5.32 Å². The molecule has 1 fully saturated rings. The summed E-state index contributed by atoms with van der Waals surface area (Å²) in [5.41, 5.74) is 0. The lowest BCUT2D eigenvalue weighted by molar-refractivity contribution is 0.507. The largest absolute Gasteiger partial charge is 0.316 e. The molecule has 80 valence electrons. The molecule has 1 heterocycles. The summed E-state index contributed by atoms with van der Waals surface area (Å²) < 4.78 is 0. The van der Waals surface area contributed by atoms with Crippen molar-refractivity contribution in [1.29, 1.82) is 0 Å². The molecule has 1 rings (SSSR count). The standard InChI is InChI=1S/C11H19NS2/c1-3-4-5-6-10(12-2)11-9-13-7-8-14-11/h1,10-12H,4-9H2,2H3. The van der Waals surface area contributed by atoms with Crippen LogP contribution in [-0.2, 0) is 0 Å². The zero-order valence-corrected chi connectivity index (χ0v) is 10.4. The van der Waals surface area contributed by atoms with Gasteiger partial charge in [-0.15, -0.1) is 12.3 Å². The monoisotopic (exact) mass is 229 g/mol. The predicted molar refractivity (Wildman–Crippen MR) is 69.1 cm³/mol. The quantitative estimate of drug-likeness (QED) is 0.573. The van der Waals surface area contributed by atoms with Gasteiger partial charge in [0.1, 0.15) is 0 Å². The van der Waals surface area contributed by atoms with Crippen LogP contribution in [0.15, 0.2) is 0 Å². The van der Waals surface area contributed by atoms with Crippen LogP contribution in [0.4, 0.5) is 0 Å². The smallest absolute Gasteiger partial charge is 0.0291 e. The summed E-state index contributed by atoms with van der Waals surface area (Å²) in [5.74, 6) is 6.64. The molecule has 1 aliphatic heterocycles. The summed E-state index contributed by atoms with van der Waals surface area (Å²) in [6.45, 7) is 0. The first-order chi connectivity index (χ1) is 6.88. The van der Waals surface area contributed by atoms with E-state index in [2.05, 4.69) is 41.8 Å². The van der Waals surface area contributed by atoms with Crippen molar-refractivity contribution >= 4 is 23.5 Å². The van der Waals surface area contributed by atoms with Crippen LogP contribution in [0.3, 0.4) is 0 Å². The van der Waals surface area contributed by atoms with Crippen LogP contribution in [0.1, 0.15) is 19.3 Å². The van der Waals surface area contributed by atoms with E-state index < -0.39 is 0 Å². The van der Waals surface area contributed by atoms with Crippen molar-refractivity contribution in [2.24, 2.45) is 0 Å². The van der Waals surface area contributed by atoms with Crippen molar-refractivity contribution in [3.63, 3.8) is 0 Å². The van der Waals surface area contributed by atoms with Crippen LogP contribution in [0.5, 0.6) is 0 Å². The lowest BCUT2D eigenvalue weighted by Gasteiger charge is -2.29. The van der Waals surface area contributed by atoms with Crippen molar-refractivity contribution < 1.29 is 0 Å². The van der Waals surface area contributed by atoms with Crippen LogP contribution in [0, 0.1) is 12.3 Å². The van der Waals surface area contributed by atoms with Gasteiger partial charge in [-0.3, -0.25) is 0 Å². The Morgan fingerprint density at radius 1 is 1.57 bits per heavy atom. The number of hydrogen-bond acceptors (Lipinski definition) is 3. The highest BCUT2D eigenvalue weighted by Crippen LogP contribution is 2.28. The highest BCUT2D eigenvalue weighted by atomic mass is 32.2. The van der Waals surface area contributed by atoms with Gasteiger partial charge in [0.2, 0.25) is 0 Å². The summed E-state index contributed by atoms with van der Waals surface area (Å²) in [6, 6.07) is 0.654. The third kappa shape index (κ3) is 4.16. The summed E-state index contributed by atoms with van der Waals surface area (Å²) in [7, 11) is 2.07. The van der Waals surface area contributed by atoms with Crippen molar-refractivity contribution in [2.75, 3.05) is 24.3 Å². The van der Waals surface area contributed by atoms with Gasteiger partial charge in [0.25, 0.3) is 0 Å². The lowest BCUT2D eigenvalue weighted by atomic mass is 10.1. The maximum atomic E-state index is 5.25. The minimum atomic E-state index is 0.654. The molecule has 1 N–H and O–H groups in total. The van der Waals surface area contributed by atoms with Gasteiger partial charge in [0.05, 0.1) is 0 Å². The van der Waals surface area contributed by atoms with E-state index in [4.69, 9.17) is 6.42 Å². The molecule has 1 saturated heterocycles. The Bertz CT molecular complexity index is 182. The molecule has 0 radical (unpaired) electrons. The van der Waals surface area contributed by atoms with Gasteiger partial charge in [-0.05, 0) is 19.9 Å². The predicted octanol–water partition coefficient (Wildman–Crippen LogP) is 2.23. The van der Waals surface area contributed by atoms with E-state index in [9.17, 15) is 0 Å². The molecule has 0 aromatic heterocycles. The molecule has 14 heavy (non-hydrogen) atoms. The average Bonchev–Trinajstić information content (AvgIpc) is 2.26. The lowest BCUT2D eigenvalue weighted by Crippen LogP contribution is -2.38. The fraction of sp³-hybridized carbons (Fsp3) is 0.818. The molecule has 1 aliphatic rings. The van der Waals surface area contributed by atoms with E-state index in [1.165, 1.54) is 23.7 Å². The maximum absolute atomic E-state index is 5.25. The summed E-state index contributed by atoms with van der Waals surface area (Å²) in [5, 5.41) is 4.22. The second-order valence-corrected chi connectivity index (χ2v) is 5.97. The number of hydrogen-bond donors (Lipinski definition) is 1. The van der Waals surface area contributed by atoms with E-state index in [0.29, 0.717) is 6.04 Å². The van der Waals surface area contributed by atoms with E-state index in [-0.39, 0.29) is 0 Å². The SMILES string of the molecule is C#CCCCC(NC)C1CSCCS1. The summed E-state index contributed by atoms with van der Waals surface area (Å²) in [4.78, 5) is 0. The number of unbranched alkanes of at least 4 members (excludes halogenated alkanes) is 1. The zero-order valence-electron chi connectivity index (χ0n) is 8.79. The minimum Gasteiger partial charge on any atom is -0.316 e. The maximum Gasteiger partial charge on any atom is 0.0291 e. The van der Waals surface area contributed by atoms with Gasteiger partial charge in [-0.2, -0.15) is 23.5 Å². The Morgan fingerprint density at radius 2 is 2.43 bits per heavy atom. The van der Waals surface area contributed by atoms with E-state index >= 15 is 0 Å². The van der Waals surface area contributed by atoms with Crippen LogP contribution in [0.25, 0.3) is 0 Å². The molecule has 0 bridgehead atoms. The van der Waals surface area contributed by atoms with Crippen molar-refractivity contribution in [3.05, 3.63) is 0 Å². The first-order valence-corrected chi connectivity index (χ1v) is 7.39. The number of thioether (sulfide) groups is 2. The molecular weight excluding hydrogens is 210 g/mol. The molecule has 2 atom stereocenters. The number of rotatable bonds is 5. The zero-order chi connectivity index (χ0) is 10.2. The van der Waals surface area contributed by atoms with E-state index in [1.54, 1.807) is 0 Å². The third-order valence-corrected chi connectivity index (χ3v) is 5.42. The highest BCUT2D eigenvalue weighted by Gasteiger charge is 2.22. The van der Waals surface area contributed by atoms with Gasteiger partial charge in [0.15, 0.2) is 0 Å². The Balaban J connectivity index is 2.25. The first-order valence-electron chi connectivity index (χ1n) is 5.18. The average molecular weight is 229 g/mol. The molecule has 0 spiro atoms. The van der Waals surface area contributed by atoms with Gasteiger partial charge in [0, 0.05) is 35.0 Å². The van der Waals surface area contributed by atoms with Gasteiger partial charge >= 0.3 is 0 Å². The first kappa shape index (κ1) is 12.3. The second-order valence-electron chi connectivity index (χ2n) is 3.48. The molecule has 0 aliphatic carbocycles. The molecule has 2 unspecified atom stereocenters. The number of nitrogens with one attached hydrogen (secondary N) is 1. The molecule has 0 aromatic carbocycles. The number of terminal acetylenes is 1. The molecule has 3 heteroatoms. The van der Waals surface area contributed by atoms with E-state index in [1.807, 2.05) is 0 Å². The topological polar surface area (TPSA) is 12.0 Å². The Kier molecular flexibility index (Phi) is 6.59. The molecule has 0 amide bonds. The molecular formula is C11H19NS2. The van der Waals surface area contributed by atoms with Crippen LogP contribution >= 0.6 is 23.5 Å². The Labute approximate surface area is 96.2 Å². The molecule has 1 nitrogen and oxygen atoms in total. The fourth-order valence-electron chi connectivity index (χ4n) is 1.68. The van der Waals surface area contributed by atoms with E-state index in [0.717, 1.165) is 18.1 Å². The van der Waals surface area contributed by atoms with Gasteiger partial charge in [-0.25, -0.2) is 0 Å². The third-order valence-electron chi connectivity index (χ3n) is 2.50.